The SMILES string of the molecule is CC1(c2ccc3oc4ccccc4c3c2N(c2ccc(-c3ccccc3)cc2)c2cccc3oc4ccccc4c23)c2ccccc2-c2ccccc21. The van der Waals surface area contributed by atoms with Gasteiger partial charge in [-0.05, 0) is 88.3 Å². The summed E-state index contributed by atoms with van der Waals surface area (Å²) < 4.78 is 13.2. The van der Waals surface area contributed by atoms with Crippen LogP contribution in [0.1, 0.15) is 23.6 Å². The topological polar surface area (TPSA) is 29.5 Å². The molecule has 0 bridgehead atoms. The quantitative estimate of drug-likeness (QED) is 0.181. The number of hydrogen-bond donors (Lipinski definition) is 0. The predicted octanol–water partition coefficient (Wildman–Crippen LogP) is 14.0. The van der Waals surface area contributed by atoms with E-state index in [-0.39, 0.29) is 0 Å². The number of furan rings is 2. The van der Waals surface area contributed by atoms with Crippen LogP contribution in [0.3, 0.4) is 0 Å². The highest BCUT2D eigenvalue weighted by Gasteiger charge is 2.43. The molecular formula is C50H33NO2. The minimum absolute atomic E-state index is 0.482. The van der Waals surface area contributed by atoms with Crippen molar-refractivity contribution in [1.29, 1.82) is 0 Å². The minimum Gasteiger partial charge on any atom is -0.456 e. The van der Waals surface area contributed by atoms with Crippen molar-refractivity contribution in [2.24, 2.45) is 0 Å². The highest BCUT2D eigenvalue weighted by atomic mass is 16.3. The van der Waals surface area contributed by atoms with E-state index in [2.05, 4.69) is 188 Å². The van der Waals surface area contributed by atoms with Crippen molar-refractivity contribution in [2.45, 2.75) is 12.3 Å². The Kier molecular flexibility index (Phi) is 6.38. The molecule has 0 fully saturated rings. The maximum absolute atomic E-state index is 6.68. The van der Waals surface area contributed by atoms with Crippen LogP contribution in [-0.4, -0.2) is 0 Å². The van der Waals surface area contributed by atoms with Crippen LogP contribution >= 0.6 is 0 Å². The van der Waals surface area contributed by atoms with E-state index in [1.54, 1.807) is 0 Å². The van der Waals surface area contributed by atoms with Gasteiger partial charge in [-0.1, -0.05) is 140 Å². The molecule has 10 aromatic rings. The first-order valence-corrected chi connectivity index (χ1v) is 18.2. The van der Waals surface area contributed by atoms with Gasteiger partial charge >= 0.3 is 0 Å². The molecule has 0 saturated carbocycles. The van der Waals surface area contributed by atoms with Gasteiger partial charge < -0.3 is 13.7 Å². The number of hydrogen-bond acceptors (Lipinski definition) is 3. The smallest absolute Gasteiger partial charge is 0.137 e. The van der Waals surface area contributed by atoms with Gasteiger partial charge in [0, 0.05) is 21.9 Å². The molecule has 8 aromatic carbocycles. The molecule has 250 valence electrons. The molecule has 0 radical (unpaired) electrons. The maximum Gasteiger partial charge on any atom is 0.137 e. The number of para-hydroxylation sites is 2. The Hall–Kier alpha value is -6.84. The van der Waals surface area contributed by atoms with E-state index in [1.165, 1.54) is 38.9 Å². The Bertz CT molecular complexity index is 2980. The van der Waals surface area contributed by atoms with Crippen molar-refractivity contribution in [1.82, 2.24) is 0 Å². The summed E-state index contributed by atoms with van der Waals surface area (Å²) >= 11 is 0. The molecule has 11 rings (SSSR count). The second-order valence-corrected chi connectivity index (χ2v) is 14.1. The van der Waals surface area contributed by atoms with Crippen molar-refractivity contribution < 1.29 is 8.83 Å². The van der Waals surface area contributed by atoms with Gasteiger partial charge in [0.15, 0.2) is 0 Å². The summed E-state index contributed by atoms with van der Waals surface area (Å²) in [6.45, 7) is 2.40. The molecule has 1 aliphatic rings. The first-order chi connectivity index (χ1) is 26.2. The van der Waals surface area contributed by atoms with Gasteiger partial charge in [-0.15, -0.1) is 0 Å². The van der Waals surface area contributed by atoms with Gasteiger partial charge in [0.1, 0.15) is 22.3 Å². The minimum atomic E-state index is -0.482. The third-order valence-electron chi connectivity index (χ3n) is 11.4. The van der Waals surface area contributed by atoms with Gasteiger partial charge in [-0.2, -0.15) is 0 Å². The zero-order valence-corrected chi connectivity index (χ0v) is 29.1. The average Bonchev–Trinajstić information content (AvgIpc) is 3.88. The van der Waals surface area contributed by atoms with Crippen LogP contribution in [0.5, 0.6) is 0 Å². The molecule has 1 aliphatic carbocycles. The molecule has 3 nitrogen and oxygen atoms in total. The fraction of sp³-hybridized carbons (Fsp3) is 0.0400. The predicted molar refractivity (Wildman–Crippen MR) is 219 cm³/mol. The Balaban J connectivity index is 1.30. The van der Waals surface area contributed by atoms with Crippen LogP contribution in [0, 0.1) is 0 Å². The van der Waals surface area contributed by atoms with E-state index in [0.717, 1.165) is 60.9 Å². The second-order valence-electron chi connectivity index (χ2n) is 14.1. The fourth-order valence-corrected chi connectivity index (χ4v) is 8.94. The lowest BCUT2D eigenvalue weighted by Gasteiger charge is -2.36. The first kappa shape index (κ1) is 29.8. The third kappa shape index (κ3) is 4.28. The molecule has 0 amide bonds. The summed E-state index contributed by atoms with van der Waals surface area (Å²) in [5.41, 5.74) is 14.8. The molecule has 0 atom stereocenters. The van der Waals surface area contributed by atoms with Crippen molar-refractivity contribution in [3.05, 3.63) is 199 Å². The van der Waals surface area contributed by atoms with E-state index in [9.17, 15) is 0 Å². The van der Waals surface area contributed by atoms with Gasteiger partial charge in [0.25, 0.3) is 0 Å². The fourth-order valence-electron chi connectivity index (χ4n) is 8.94. The summed E-state index contributed by atoms with van der Waals surface area (Å²) in [6, 6.07) is 65.0. The van der Waals surface area contributed by atoms with Gasteiger partial charge in [0.2, 0.25) is 0 Å². The maximum atomic E-state index is 6.68. The van der Waals surface area contributed by atoms with Crippen LogP contribution in [0.15, 0.2) is 191 Å². The van der Waals surface area contributed by atoms with Gasteiger partial charge in [0.05, 0.1) is 22.1 Å². The molecule has 0 unspecified atom stereocenters. The Morgan fingerprint density at radius 1 is 0.396 bits per heavy atom. The van der Waals surface area contributed by atoms with E-state index < -0.39 is 5.41 Å². The lowest BCUT2D eigenvalue weighted by atomic mass is 9.72. The van der Waals surface area contributed by atoms with Gasteiger partial charge in [-0.25, -0.2) is 0 Å². The summed E-state index contributed by atoms with van der Waals surface area (Å²) in [7, 11) is 0. The summed E-state index contributed by atoms with van der Waals surface area (Å²) in [5, 5.41) is 4.32. The van der Waals surface area contributed by atoms with Crippen LogP contribution in [0.2, 0.25) is 0 Å². The second kappa shape index (κ2) is 11.3. The van der Waals surface area contributed by atoms with E-state index in [4.69, 9.17) is 8.83 Å². The highest BCUT2D eigenvalue weighted by Crippen LogP contribution is 2.58. The number of anilines is 3. The Morgan fingerprint density at radius 3 is 1.60 bits per heavy atom. The average molecular weight is 680 g/mol. The summed E-state index contributed by atoms with van der Waals surface area (Å²) in [5.74, 6) is 0. The summed E-state index contributed by atoms with van der Waals surface area (Å²) in [6.07, 6.45) is 0. The zero-order chi connectivity index (χ0) is 35.1. The molecule has 0 spiro atoms. The third-order valence-corrected chi connectivity index (χ3v) is 11.4. The first-order valence-electron chi connectivity index (χ1n) is 18.2. The van der Waals surface area contributed by atoms with Crippen LogP contribution in [-0.2, 0) is 5.41 Å². The van der Waals surface area contributed by atoms with Crippen molar-refractivity contribution in [2.75, 3.05) is 4.90 Å². The normalized spacial score (nSPS) is 13.2. The van der Waals surface area contributed by atoms with E-state index >= 15 is 0 Å². The monoisotopic (exact) mass is 679 g/mol. The van der Waals surface area contributed by atoms with Crippen molar-refractivity contribution in [3.8, 4) is 22.3 Å². The molecule has 0 N–H and O–H groups in total. The van der Waals surface area contributed by atoms with Crippen LogP contribution in [0.4, 0.5) is 17.1 Å². The summed E-state index contributed by atoms with van der Waals surface area (Å²) in [4.78, 5) is 2.47. The molecule has 2 heterocycles. The molecule has 3 heteroatoms. The molecule has 53 heavy (non-hydrogen) atoms. The standard InChI is InChI=1S/C50H33NO2/c1-50(39-20-9-5-16-35(39)36-17-6-10-21-40(36)50)41-30-31-46-48(38-19-8-12-24-44(38)53-46)49(41)51(34-28-26-33(27-29-34)32-14-3-2-4-15-32)42-22-13-25-45-47(42)37-18-7-11-23-43(37)52-45/h2-31H,1H3. The molecule has 0 saturated heterocycles. The number of nitrogens with zero attached hydrogens (tertiary/aromatic N) is 1. The Morgan fingerprint density at radius 2 is 0.925 bits per heavy atom. The molecule has 0 aliphatic heterocycles. The molecular weight excluding hydrogens is 647 g/mol. The Labute approximate surface area is 307 Å². The number of benzene rings is 8. The van der Waals surface area contributed by atoms with E-state index in [0.29, 0.717) is 0 Å². The lowest BCUT2D eigenvalue weighted by molar-refractivity contribution is 0.667. The van der Waals surface area contributed by atoms with Crippen molar-refractivity contribution in [3.63, 3.8) is 0 Å². The van der Waals surface area contributed by atoms with Crippen LogP contribution in [0.25, 0.3) is 66.1 Å². The molecule has 2 aromatic heterocycles. The van der Waals surface area contributed by atoms with E-state index in [1.807, 2.05) is 6.07 Å². The van der Waals surface area contributed by atoms with Crippen molar-refractivity contribution >= 4 is 60.9 Å². The number of fused-ring (bicyclic) bond motifs is 9. The van der Waals surface area contributed by atoms with Crippen LogP contribution < -0.4 is 4.90 Å². The zero-order valence-electron chi connectivity index (χ0n) is 29.1. The number of rotatable bonds is 5. The largest absolute Gasteiger partial charge is 0.456 e. The highest BCUT2D eigenvalue weighted by molar-refractivity contribution is 6.18. The van der Waals surface area contributed by atoms with Gasteiger partial charge in [-0.3, -0.25) is 0 Å². The lowest BCUT2D eigenvalue weighted by Crippen LogP contribution is -2.26.